The van der Waals surface area contributed by atoms with E-state index in [-0.39, 0.29) is 5.78 Å². The van der Waals surface area contributed by atoms with Gasteiger partial charge in [-0.3, -0.25) is 4.79 Å². The first-order valence-electron chi connectivity index (χ1n) is 4.76. The van der Waals surface area contributed by atoms with E-state index in [2.05, 4.69) is 24.8 Å². The molecule has 1 rings (SSSR count). The van der Waals surface area contributed by atoms with Crippen LogP contribution in [0, 0.1) is 0 Å². The van der Waals surface area contributed by atoms with Crippen LogP contribution in [-0.4, -0.2) is 5.78 Å². The Labute approximate surface area is 79.8 Å². The Morgan fingerprint density at radius 3 is 2.69 bits per heavy atom. The molecule has 0 saturated heterocycles. The smallest absolute Gasteiger partial charge is 0.183 e. The van der Waals surface area contributed by atoms with Gasteiger partial charge in [-0.1, -0.05) is 24.8 Å². The summed E-state index contributed by atoms with van der Waals surface area (Å²) in [7, 11) is 0. The minimum atomic E-state index is 0.135. The van der Waals surface area contributed by atoms with E-state index in [4.69, 9.17) is 0 Å². The van der Waals surface area contributed by atoms with Gasteiger partial charge in [0.2, 0.25) is 0 Å². The van der Waals surface area contributed by atoms with Gasteiger partial charge in [0.1, 0.15) is 0 Å². The highest BCUT2D eigenvalue weighted by molar-refractivity contribution is 6.07. The molecule has 0 amide bonds. The minimum Gasteiger partial charge on any atom is -0.289 e. The van der Waals surface area contributed by atoms with Crippen molar-refractivity contribution in [1.82, 2.24) is 0 Å². The van der Waals surface area contributed by atoms with Crippen LogP contribution in [0.15, 0.2) is 36.0 Å². The number of ketones is 1. The Hall–Kier alpha value is -1.11. The monoisotopic (exact) mass is 176 g/mol. The second-order valence-electron chi connectivity index (χ2n) is 3.43. The van der Waals surface area contributed by atoms with Gasteiger partial charge in [0.15, 0.2) is 5.78 Å². The molecule has 0 aromatic rings. The predicted octanol–water partition coefficient (Wildman–Crippen LogP) is 3.19. The fourth-order valence-electron chi connectivity index (χ4n) is 1.41. The van der Waals surface area contributed by atoms with Gasteiger partial charge in [-0.25, -0.2) is 0 Å². The van der Waals surface area contributed by atoms with Crippen LogP contribution >= 0.6 is 0 Å². The Kier molecular flexibility index (Phi) is 3.69. The normalized spacial score (nSPS) is 23.6. The van der Waals surface area contributed by atoms with Gasteiger partial charge < -0.3 is 0 Å². The molecular formula is C12H16O. The summed E-state index contributed by atoms with van der Waals surface area (Å²) in [6.45, 7) is 5.45. The summed E-state index contributed by atoms with van der Waals surface area (Å²) in [5.41, 5.74) is 1.59. The number of allylic oxidation sites excluding steroid dienone is 5. The summed E-state index contributed by atoms with van der Waals surface area (Å²) in [6.07, 6.45) is 10.3. The fourth-order valence-corrected chi connectivity index (χ4v) is 1.41. The second-order valence-corrected chi connectivity index (χ2v) is 3.43. The van der Waals surface area contributed by atoms with Crippen molar-refractivity contribution in [3.05, 3.63) is 36.0 Å². The van der Waals surface area contributed by atoms with Crippen LogP contribution in [0.25, 0.3) is 0 Å². The summed E-state index contributed by atoms with van der Waals surface area (Å²) >= 11 is 0. The lowest BCUT2D eigenvalue weighted by molar-refractivity contribution is -0.112. The van der Waals surface area contributed by atoms with Crippen LogP contribution in [0.2, 0.25) is 0 Å². The van der Waals surface area contributed by atoms with Gasteiger partial charge in [-0.2, -0.15) is 0 Å². The molecule has 0 saturated carbocycles. The molecule has 1 aliphatic rings. The molecular weight excluding hydrogens is 160 g/mol. The highest BCUT2D eigenvalue weighted by atomic mass is 16.1. The van der Waals surface area contributed by atoms with E-state index in [9.17, 15) is 4.79 Å². The van der Waals surface area contributed by atoms with E-state index >= 15 is 0 Å². The number of carbonyl (C=O) groups is 1. The lowest BCUT2D eigenvalue weighted by atomic mass is 9.98. The molecule has 0 aromatic heterocycles. The molecule has 1 aliphatic carbocycles. The van der Waals surface area contributed by atoms with E-state index < -0.39 is 0 Å². The van der Waals surface area contributed by atoms with E-state index in [0.29, 0.717) is 5.57 Å². The number of hydrogen-bond acceptors (Lipinski definition) is 1. The van der Waals surface area contributed by atoms with Crippen LogP contribution in [0.1, 0.15) is 32.6 Å². The van der Waals surface area contributed by atoms with Gasteiger partial charge in [0, 0.05) is 0 Å². The van der Waals surface area contributed by atoms with Crippen molar-refractivity contribution in [2.75, 3.05) is 0 Å². The number of Topliss-reactive ketones (excluding diaryl/α,β-unsaturated/α-hetero) is 1. The zero-order valence-corrected chi connectivity index (χ0v) is 8.18. The molecule has 0 aliphatic heterocycles. The minimum absolute atomic E-state index is 0.135. The van der Waals surface area contributed by atoms with E-state index in [1.54, 1.807) is 6.92 Å². The van der Waals surface area contributed by atoms with Crippen LogP contribution in [0.4, 0.5) is 0 Å². The summed E-state index contributed by atoms with van der Waals surface area (Å²) < 4.78 is 0. The molecule has 1 nitrogen and oxygen atoms in total. The average molecular weight is 176 g/mol. The van der Waals surface area contributed by atoms with Crippen LogP contribution < -0.4 is 0 Å². The van der Waals surface area contributed by atoms with Gasteiger partial charge in [0.05, 0.1) is 0 Å². The van der Waals surface area contributed by atoms with Crippen LogP contribution in [0.5, 0.6) is 0 Å². The third kappa shape index (κ3) is 3.02. The van der Waals surface area contributed by atoms with Crippen molar-refractivity contribution >= 4 is 5.78 Å². The number of rotatable bonds is 2. The third-order valence-corrected chi connectivity index (χ3v) is 2.15. The first-order chi connectivity index (χ1) is 6.22. The van der Waals surface area contributed by atoms with Crippen molar-refractivity contribution in [2.45, 2.75) is 32.6 Å². The molecule has 0 N–H and O–H groups in total. The van der Waals surface area contributed by atoms with Crippen molar-refractivity contribution in [3.63, 3.8) is 0 Å². The van der Waals surface area contributed by atoms with Gasteiger partial charge in [-0.05, 0) is 43.8 Å². The topological polar surface area (TPSA) is 17.1 Å². The second kappa shape index (κ2) is 4.80. The average Bonchev–Trinajstić information content (AvgIpc) is 2.02. The molecule has 0 heterocycles. The summed E-state index contributed by atoms with van der Waals surface area (Å²) in [4.78, 5) is 11.6. The third-order valence-electron chi connectivity index (χ3n) is 2.15. The van der Waals surface area contributed by atoms with Crippen molar-refractivity contribution in [3.8, 4) is 0 Å². The molecule has 70 valence electrons. The quantitative estimate of drug-likeness (QED) is 0.466. The van der Waals surface area contributed by atoms with Gasteiger partial charge in [-0.15, -0.1) is 0 Å². The Morgan fingerprint density at radius 2 is 2.00 bits per heavy atom. The lowest BCUT2D eigenvalue weighted by Gasteiger charge is -2.06. The zero-order valence-electron chi connectivity index (χ0n) is 8.18. The maximum atomic E-state index is 11.6. The number of carbonyl (C=O) groups excluding carboxylic acids is 1. The molecule has 0 aromatic carbocycles. The van der Waals surface area contributed by atoms with E-state index in [1.165, 1.54) is 0 Å². The van der Waals surface area contributed by atoms with E-state index in [1.807, 2.05) is 0 Å². The molecule has 0 radical (unpaired) electrons. The SMILES string of the molecule is C=C(C)C(=O)/C1=C/CC/C=C\CC1. The zero-order chi connectivity index (χ0) is 9.68. The predicted molar refractivity (Wildman–Crippen MR) is 55.5 cm³/mol. The highest BCUT2D eigenvalue weighted by Gasteiger charge is 2.09. The van der Waals surface area contributed by atoms with Crippen LogP contribution in [0.3, 0.4) is 0 Å². The largest absolute Gasteiger partial charge is 0.289 e. The van der Waals surface area contributed by atoms with E-state index in [0.717, 1.165) is 31.3 Å². The molecule has 0 spiro atoms. The Balaban J connectivity index is 2.67. The summed E-state index contributed by atoms with van der Waals surface area (Å²) in [5.74, 6) is 0.135. The molecule has 13 heavy (non-hydrogen) atoms. The van der Waals surface area contributed by atoms with Gasteiger partial charge in [0.25, 0.3) is 0 Å². The first kappa shape index (κ1) is 9.97. The molecule has 1 heteroatoms. The Morgan fingerprint density at radius 1 is 1.31 bits per heavy atom. The maximum Gasteiger partial charge on any atom is 0.183 e. The first-order valence-corrected chi connectivity index (χ1v) is 4.76. The lowest BCUT2D eigenvalue weighted by Crippen LogP contribution is -2.03. The molecule has 0 bridgehead atoms. The van der Waals surface area contributed by atoms with Crippen molar-refractivity contribution < 1.29 is 4.79 Å². The standard InChI is InChI=1S/C12H16O/c1-10(2)12(13)11-8-6-4-3-5-7-9-11/h3-4,9H,1,5-8H2,2H3/b4-3-,11-9+. The number of hydrogen-bond donors (Lipinski definition) is 0. The molecule has 0 unspecified atom stereocenters. The summed E-state index contributed by atoms with van der Waals surface area (Å²) in [6, 6.07) is 0. The maximum absolute atomic E-state index is 11.6. The Bertz CT molecular complexity index is 269. The van der Waals surface area contributed by atoms with Crippen molar-refractivity contribution in [2.24, 2.45) is 0 Å². The molecule has 0 fully saturated rings. The van der Waals surface area contributed by atoms with Gasteiger partial charge >= 0.3 is 0 Å². The van der Waals surface area contributed by atoms with Crippen LogP contribution in [-0.2, 0) is 4.79 Å². The van der Waals surface area contributed by atoms with Crippen molar-refractivity contribution in [1.29, 1.82) is 0 Å². The highest BCUT2D eigenvalue weighted by Crippen LogP contribution is 2.15. The fraction of sp³-hybridized carbons (Fsp3) is 0.417. The summed E-state index contributed by atoms with van der Waals surface area (Å²) in [5, 5.41) is 0. The molecule has 0 atom stereocenters.